The van der Waals surface area contributed by atoms with Gasteiger partial charge in [-0.1, -0.05) is 136 Å². The van der Waals surface area contributed by atoms with Crippen LogP contribution in [-0.4, -0.2) is 11.9 Å². The molecule has 1 aliphatic rings. The van der Waals surface area contributed by atoms with Crippen LogP contribution < -0.4 is 0 Å². The molecule has 0 atom stereocenters. The standard InChI is InChI=1S/C14H20O2.C12H22F2.C3H8.C2H6/c1-2-3-4-8-11-14(15)16-12-13-9-6-5-7-10-13;1-2-9-12(13,14)10-5-8-11-6-3-4-7-11;1-3-2;1-2/h5-7,9-10H,2-4,8,11-12H2,1H3;11H,2-10H2,1H3;3H2,1-2H3;1-2H3. The normalized spacial score (nSPS) is 12.9. The third kappa shape index (κ3) is 24.0. The molecular formula is C31H56F2O2. The van der Waals surface area contributed by atoms with Crippen molar-refractivity contribution in [2.75, 3.05) is 0 Å². The lowest BCUT2D eigenvalue weighted by Gasteiger charge is -2.16. The SMILES string of the molecule is CC.CCC.CCCC(F)(F)CCCC1CCCC1.CCCCCCC(=O)OCc1ccccc1. The van der Waals surface area contributed by atoms with E-state index in [2.05, 4.69) is 20.8 Å². The number of hydrogen-bond acceptors (Lipinski definition) is 2. The van der Waals surface area contributed by atoms with Gasteiger partial charge in [0.15, 0.2) is 0 Å². The number of ether oxygens (including phenoxy) is 1. The third-order valence-electron chi connectivity index (χ3n) is 5.72. The van der Waals surface area contributed by atoms with E-state index < -0.39 is 5.92 Å². The van der Waals surface area contributed by atoms with E-state index in [1.807, 2.05) is 51.1 Å². The first-order valence-corrected chi connectivity index (χ1v) is 14.5. The number of alkyl halides is 2. The number of hydrogen-bond donors (Lipinski definition) is 0. The molecule has 1 fully saturated rings. The quantitative estimate of drug-likeness (QED) is 0.200. The smallest absolute Gasteiger partial charge is 0.306 e. The summed E-state index contributed by atoms with van der Waals surface area (Å²) in [7, 11) is 0. The van der Waals surface area contributed by atoms with Crippen molar-refractivity contribution in [3.8, 4) is 0 Å². The van der Waals surface area contributed by atoms with Crippen LogP contribution in [0.25, 0.3) is 0 Å². The van der Waals surface area contributed by atoms with Gasteiger partial charge in [0.2, 0.25) is 5.92 Å². The molecule has 0 spiro atoms. The van der Waals surface area contributed by atoms with Gasteiger partial charge in [-0.25, -0.2) is 8.78 Å². The van der Waals surface area contributed by atoms with Gasteiger partial charge in [0.1, 0.15) is 6.61 Å². The summed E-state index contributed by atoms with van der Waals surface area (Å²) in [5, 5.41) is 0. The predicted octanol–water partition coefficient (Wildman–Crippen LogP) is 10.9. The van der Waals surface area contributed by atoms with Crippen LogP contribution >= 0.6 is 0 Å². The highest BCUT2D eigenvalue weighted by Crippen LogP contribution is 2.32. The van der Waals surface area contributed by atoms with Gasteiger partial charge >= 0.3 is 5.97 Å². The van der Waals surface area contributed by atoms with E-state index in [1.165, 1.54) is 44.9 Å². The lowest BCUT2D eigenvalue weighted by atomic mass is 9.98. The first kappa shape index (κ1) is 35.7. The molecule has 2 rings (SSSR count). The Bertz CT molecular complexity index is 554. The molecule has 0 radical (unpaired) electrons. The number of halogens is 2. The van der Waals surface area contributed by atoms with Crippen molar-refractivity contribution in [2.45, 2.75) is 150 Å². The van der Waals surface area contributed by atoms with Crippen molar-refractivity contribution in [1.29, 1.82) is 0 Å². The molecule has 0 N–H and O–H groups in total. The molecule has 35 heavy (non-hydrogen) atoms. The third-order valence-corrected chi connectivity index (χ3v) is 5.72. The molecule has 0 bridgehead atoms. The van der Waals surface area contributed by atoms with Gasteiger partial charge in [0.05, 0.1) is 0 Å². The average Bonchev–Trinajstić information content (AvgIpc) is 3.37. The van der Waals surface area contributed by atoms with Crippen molar-refractivity contribution in [1.82, 2.24) is 0 Å². The van der Waals surface area contributed by atoms with E-state index in [4.69, 9.17) is 4.74 Å². The Morgan fingerprint density at radius 3 is 2.03 bits per heavy atom. The van der Waals surface area contributed by atoms with E-state index >= 15 is 0 Å². The second-order valence-corrected chi connectivity index (χ2v) is 9.31. The van der Waals surface area contributed by atoms with Crippen LogP contribution in [0, 0.1) is 5.92 Å². The maximum Gasteiger partial charge on any atom is 0.306 e. The van der Waals surface area contributed by atoms with Gasteiger partial charge < -0.3 is 4.74 Å². The molecule has 1 aliphatic carbocycles. The fraction of sp³-hybridized carbons (Fsp3) is 0.774. The van der Waals surface area contributed by atoms with Gasteiger partial charge in [-0.05, 0) is 24.3 Å². The molecule has 1 saturated carbocycles. The fourth-order valence-corrected chi connectivity index (χ4v) is 3.95. The van der Waals surface area contributed by atoms with Gasteiger partial charge in [0.25, 0.3) is 0 Å². The maximum absolute atomic E-state index is 13.1. The largest absolute Gasteiger partial charge is 0.461 e. The number of benzene rings is 1. The fourth-order valence-electron chi connectivity index (χ4n) is 3.95. The van der Waals surface area contributed by atoms with Crippen LogP contribution in [0.2, 0.25) is 0 Å². The number of carbonyl (C=O) groups is 1. The Hall–Kier alpha value is -1.45. The summed E-state index contributed by atoms with van der Waals surface area (Å²) in [6, 6.07) is 9.78. The molecule has 0 aromatic heterocycles. The topological polar surface area (TPSA) is 26.3 Å². The number of unbranched alkanes of at least 4 members (excludes halogenated alkanes) is 3. The maximum atomic E-state index is 13.1. The van der Waals surface area contributed by atoms with Crippen molar-refractivity contribution in [3.05, 3.63) is 35.9 Å². The van der Waals surface area contributed by atoms with E-state index in [9.17, 15) is 13.6 Å². The lowest BCUT2D eigenvalue weighted by Crippen LogP contribution is -2.15. The number of rotatable bonds is 13. The van der Waals surface area contributed by atoms with Crippen molar-refractivity contribution in [3.63, 3.8) is 0 Å². The summed E-state index contributed by atoms with van der Waals surface area (Å²) in [5.74, 6) is -1.72. The average molecular weight is 499 g/mol. The molecule has 0 unspecified atom stereocenters. The molecule has 1 aromatic carbocycles. The molecular weight excluding hydrogens is 442 g/mol. The zero-order valence-electron chi connectivity index (χ0n) is 23.9. The highest BCUT2D eigenvalue weighted by molar-refractivity contribution is 5.69. The minimum absolute atomic E-state index is 0.0671. The Balaban J connectivity index is 0. The number of esters is 1. The van der Waals surface area contributed by atoms with Crippen molar-refractivity contribution >= 4 is 5.97 Å². The summed E-state index contributed by atoms with van der Waals surface area (Å²) >= 11 is 0. The highest BCUT2D eigenvalue weighted by atomic mass is 19.3. The zero-order valence-corrected chi connectivity index (χ0v) is 23.9. The molecule has 0 aliphatic heterocycles. The first-order valence-electron chi connectivity index (χ1n) is 14.5. The van der Waals surface area contributed by atoms with Crippen LogP contribution in [0.15, 0.2) is 30.3 Å². The van der Waals surface area contributed by atoms with E-state index in [0.717, 1.165) is 37.2 Å². The molecule has 4 heteroatoms. The predicted molar refractivity (Wildman–Crippen MR) is 148 cm³/mol. The molecule has 1 aromatic rings. The van der Waals surface area contributed by atoms with Gasteiger partial charge in [-0.15, -0.1) is 0 Å². The summed E-state index contributed by atoms with van der Waals surface area (Å²) in [6.45, 7) is 12.6. The van der Waals surface area contributed by atoms with E-state index in [0.29, 0.717) is 19.4 Å². The zero-order chi connectivity index (χ0) is 26.8. The highest BCUT2D eigenvalue weighted by Gasteiger charge is 2.27. The minimum atomic E-state index is -2.40. The Kier molecular flexibility index (Phi) is 26.2. The summed E-state index contributed by atoms with van der Waals surface area (Å²) in [6.07, 6.45) is 14.0. The Morgan fingerprint density at radius 2 is 1.49 bits per heavy atom. The molecule has 206 valence electrons. The van der Waals surface area contributed by atoms with Crippen LogP contribution in [-0.2, 0) is 16.1 Å². The van der Waals surface area contributed by atoms with Crippen LogP contribution in [0.3, 0.4) is 0 Å². The monoisotopic (exact) mass is 498 g/mol. The van der Waals surface area contributed by atoms with Crippen molar-refractivity contribution in [2.24, 2.45) is 5.92 Å². The summed E-state index contributed by atoms with van der Waals surface area (Å²) in [5.41, 5.74) is 1.05. The second kappa shape index (κ2) is 25.6. The summed E-state index contributed by atoms with van der Waals surface area (Å²) < 4.78 is 31.4. The molecule has 0 amide bonds. The summed E-state index contributed by atoms with van der Waals surface area (Å²) in [4.78, 5) is 11.4. The van der Waals surface area contributed by atoms with E-state index in [1.54, 1.807) is 0 Å². The Labute approximate surface area is 216 Å². The molecule has 2 nitrogen and oxygen atoms in total. The van der Waals surface area contributed by atoms with Gasteiger partial charge in [0, 0.05) is 19.3 Å². The number of carbonyl (C=O) groups excluding carboxylic acids is 1. The van der Waals surface area contributed by atoms with Crippen LogP contribution in [0.1, 0.15) is 143 Å². The van der Waals surface area contributed by atoms with Gasteiger partial charge in [-0.3, -0.25) is 4.79 Å². The Morgan fingerprint density at radius 1 is 0.886 bits per heavy atom. The molecule has 0 heterocycles. The van der Waals surface area contributed by atoms with E-state index in [-0.39, 0.29) is 18.8 Å². The van der Waals surface area contributed by atoms with Crippen molar-refractivity contribution < 1.29 is 18.3 Å². The minimum Gasteiger partial charge on any atom is -0.461 e. The first-order chi connectivity index (χ1) is 16.9. The lowest BCUT2D eigenvalue weighted by molar-refractivity contribution is -0.145. The van der Waals surface area contributed by atoms with Gasteiger partial charge in [-0.2, -0.15) is 0 Å². The molecule has 0 saturated heterocycles. The van der Waals surface area contributed by atoms with Crippen LogP contribution in [0.4, 0.5) is 8.78 Å². The second-order valence-electron chi connectivity index (χ2n) is 9.31. The van der Waals surface area contributed by atoms with Crippen LogP contribution in [0.5, 0.6) is 0 Å².